The number of hydrogen-bond donors (Lipinski definition) is 3. The molecule has 2 heterocycles. The third-order valence-corrected chi connectivity index (χ3v) is 9.71. The van der Waals surface area contributed by atoms with Crippen molar-refractivity contribution < 1.29 is 18.3 Å². The van der Waals surface area contributed by atoms with Crippen molar-refractivity contribution in [3.05, 3.63) is 59.1 Å². The molecule has 2 aromatic rings. The molecule has 2 saturated heterocycles. The van der Waals surface area contributed by atoms with Gasteiger partial charge in [-0.15, -0.1) is 0 Å². The summed E-state index contributed by atoms with van der Waals surface area (Å²) in [6.07, 6.45) is 1.82. The van der Waals surface area contributed by atoms with Gasteiger partial charge in [-0.3, -0.25) is 0 Å². The molecule has 2 fully saturated rings. The summed E-state index contributed by atoms with van der Waals surface area (Å²) < 4.78 is 27.2. The van der Waals surface area contributed by atoms with Crippen molar-refractivity contribution in [1.82, 2.24) is 9.62 Å². The Bertz CT molecular complexity index is 1180. The van der Waals surface area contributed by atoms with E-state index in [4.69, 9.17) is 11.6 Å². The third kappa shape index (κ3) is 6.57. The third-order valence-electron chi connectivity index (χ3n) is 7.58. The van der Waals surface area contributed by atoms with Gasteiger partial charge >= 0.3 is 6.03 Å². The highest BCUT2D eigenvalue weighted by molar-refractivity contribution is 7.90. The second-order valence-electron chi connectivity index (χ2n) is 10.5. The molecule has 2 amide bonds. The first-order valence-electron chi connectivity index (χ1n) is 12.9. The van der Waals surface area contributed by atoms with Crippen molar-refractivity contribution in [3.8, 4) is 0 Å². The van der Waals surface area contributed by atoms with Gasteiger partial charge in [0, 0.05) is 48.6 Å². The van der Waals surface area contributed by atoms with Crippen molar-refractivity contribution in [2.24, 2.45) is 5.92 Å². The lowest BCUT2D eigenvalue weighted by Crippen LogP contribution is -2.53. The van der Waals surface area contributed by atoms with Crippen molar-refractivity contribution >= 4 is 39.0 Å². The first-order chi connectivity index (χ1) is 17.5. The van der Waals surface area contributed by atoms with E-state index in [1.807, 2.05) is 55.5 Å². The largest absolute Gasteiger partial charge is 0.385 e. The summed E-state index contributed by atoms with van der Waals surface area (Å²) >= 11 is 5.99. The zero-order chi connectivity index (χ0) is 26.8. The number of halogens is 1. The lowest BCUT2D eigenvalue weighted by molar-refractivity contribution is 0.0118. The van der Waals surface area contributed by atoms with Crippen molar-refractivity contribution in [2.75, 3.05) is 36.4 Å². The Kier molecular flexibility index (Phi) is 8.38. The maximum absolute atomic E-state index is 12.9. The number of sulfonamides is 1. The zero-order valence-electron chi connectivity index (χ0n) is 21.7. The van der Waals surface area contributed by atoms with E-state index in [2.05, 4.69) is 14.9 Å². The fraction of sp³-hybridized carbons (Fsp3) is 0.519. The van der Waals surface area contributed by atoms with E-state index in [1.165, 1.54) is 0 Å². The maximum Gasteiger partial charge on any atom is 0.321 e. The highest BCUT2D eigenvalue weighted by Crippen LogP contribution is 2.35. The Hall–Kier alpha value is -2.33. The number of nitrogens with zero attached hydrogens (tertiary/aromatic N) is 2. The summed E-state index contributed by atoms with van der Waals surface area (Å²) in [6, 6.07) is 14.8. The molecule has 8 nitrogen and oxygen atoms in total. The Morgan fingerprint density at radius 1 is 1.05 bits per heavy atom. The van der Waals surface area contributed by atoms with Gasteiger partial charge in [-0.05, 0) is 81.0 Å². The van der Waals surface area contributed by atoms with E-state index in [-0.39, 0.29) is 18.0 Å². The quantitative estimate of drug-likeness (QED) is 0.496. The molecule has 2 unspecified atom stereocenters. The first kappa shape index (κ1) is 27.7. The molecule has 3 N–H and O–H groups in total. The van der Waals surface area contributed by atoms with Crippen LogP contribution in [0.25, 0.3) is 0 Å². The molecule has 0 saturated carbocycles. The molecule has 10 heteroatoms. The average Bonchev–Trinajstić information content (AvgIpc) is 2.86. The molecule has 2 aliphatic rings. The molecule has 0 spiro atoms. The number of anilines is 2. The van der Waals surface area contributed by atoms with Crippen molar-refractivity contribution in [1.29, 1.82) is 0 Å². The number of urea groups is 1. The van der Waals surface area contributed by atoms with Crippen LogP contribution in [-0.2, 0) is 15.6 Å². The van der Waals surface area contributed by atoms with Crippen LogP contribution in [0.3, 0.4) is 0 Å². The second kappa shape index (κ2) is 11.2. The Morgan fingerprint density at radius 2 is 1.68 bits per heavy atom. The number of carbonyl (C=O) groups is 1. The molecule has 4 rings (SSSR count). The molecule has 0 aliphatic carbocycles. The van der Waals surface area contributed by atoms with E-state index in [1.54, 1.807) is 18.7 Å². The van der Waals surface area contributed by atoms with E-state index >= 15 is 0 Å². The minimum absolute atomic E-state index is 0.0148. The Labute approximate surface area is 225 Å². The molecule has 0 aromatic heterocycles. The number of likely N-dealkylation sites (tertiary alicyclic amines) is 1. The number of hydrogen-bond acceptors (Lipinski definition) is 5. The van der Waals surface area contributed by atoms with E-state index in [0.29, 0.717) is 43.1 Å². The number of rotatable bonds is 6. The lowest BCUT2D eigenvalue weighted by Gasteiger charge is -2.39. The van der Waals surface area contributed by atoms with E-state index < -0.39 is 20.9 Å². The van der Waals surface area contributed by atoms with E-state index in [9.17, 15) is 18.3 Å². The van der Waals surface area contributed by atoms with Gasteiger partial charge < -0.3 is 20.2 Å². The highest BCUT2D eigenvalue weighted by atomic mass is 35.5. The van der Waals surface area contributed by atoms with E-state index in [0.717, 1.165) is 24.3 Å². The molecule has 37 heavy (non-hydrogen) atoms. The number of carbonyl (C=O) groups excluding carboxylic acids is 1. The van der Waals surface area contributed by atoms with Gasteiger partial charge in [0.15, 0.2) is 0 Å². The van der Waals surface area contributed by atoms with Crippen LogP contribution in [0.15, 0.2) is 48.5 Å². The molecule has 202 valence electrons. The van der Waals surface area contributed by atoms with Gasteiger partial charge in [0.25, 0.3) is 0 Å². The minimum Gasteiger partial charge on any atom is -0.385 e. The fourth-order valence-electron chi connectivity index (χ4n) is 4.99. The van der Waals surface area contributed by atoms with Gasteiger partial charge in [0.05, 0.1) is 10.9 Å². The number of benzene rings is 2. The lowest BCUT2D eigenvalue weighted by atomic mass is 9.84. The van der Waals surface area contributed by atoms with Crippen LogP contribution in [0.1, 0.15) is 45.6 Å². The van der Waals surface area contributed by atoms with Crippen LogP contribution in [0.2, 0.25) is 5.02 Å². The summed E-state index contributed by atoms with van der Waals surface area (Å²) in [7, 11) is -3.34. The standard InChI is InChI=1S/C27H37ClN4O4S/c1-19(2)37(35,36)30-25-12-15-32(18-20(25)3)26(33)29-23-8-10-24(11-9-23)31-16-13-27(34,14-17-31)21-4-6-22(28)7-5-21/h4-11,19-20,25,30,34H,12-18H2,1-3H3,(H,29,33). The Morgan fingerprint density at radius 3 is 2.24 bits per heavy atom. The number of amides is 2. The number of piperidine rings is 2. The van der Waals surface area contributed by atoms with Crippen LogP contribution in [-0.4, -0.2) is 61.9 Å². The monoisotopic (exact) mass is 548 g/mol. The van der Waals surface area contributed by atoms with Crippen LogP contribution in [0.4, 0.5) is 16.2 Å². The van der Waals surface area contributed by atoms with Gasteiger partial charge in [-0.25, -0.2) is 17.9 Å². The summed E-state index contributed by atoms with van der Waals surface area (Å²) in [5.74, 6) is 0.0148. The normalized spacial score (nSPS) is 22.2. The molecule has 2 atom stereocenters. The summed E-state index contributed by atoms with van der Waals surface area (Å²) in [4.78, 5) is 16.8. The molecular formula is C27H37ClN4O4S. The van der Waals surface area contributed by atoms with Gasteiger partial charge in [0.2, 0.25) is 10.0 Å². The maximum atomic E-state index is 12.9. The predicted molar refractivity (Wildman–Crippen MR) is 149 cm³/mol. The zero-order valence-corrected chi connectivity index (χ0v) is 23.2. The molecular weight excluding hydrogens is 512 g/mol. The number of aliphatic hydroxyl groups is 1. The fourth-order valence-corrected chi connectivity index (χ4v) is 6.16. The molecule has 0 bridgehead atoms. The molecule has 0 radical (unpaired) electrons. The second-order valence-corrected chi connectivity index (χ2v) is 13.2. The van der Waals surface area contributed by atoms with Gasteiger partial charge in [0.1, 0.15) is 0 Å². The average molecular weight is 549 g/mol. The summed E-state index contributed by atoms with van der Waals surface area (Å²) in [5.41, 5.74) is 1.79. The van der Waals surface area contributed by atoms with Gasteiger partial charge in [-0.1, -0.05) is 30.7 Å². The Balaban J connectivity index is 1.28. The minimum atomic E-state index is -3.34. The topological polar surface area (TPSA) is 102 Å². The SMILES string of the molecule is CC1CN(C(=O)Nc2ccc(N3CCC(O)(c4ccc(Cl)cc4)CC3)cc2)CCC1NS(=O)(=O)C(C)C. The highest BCUT2D eigenvalue weighted by Gasteiger charge is 2.34. The van der Waals surface area contributed by atoms with Crippen LogP contribution >= 0.6 is 11.6 Å². The van der Waals surface area contributed by atoms with Crippen molar-refractivity contribution in [2.45, 2.75) is 56.9 Å². The summed E-state index contributed by atoms with van der Waals surface area (Å²) in [5, 5.41) is 14.3. The predicted octanol–water partition coefficient (Wildman–Crippen LogP) is 4.40. The molecule has 2 aromatic carbocycles. The van der Waals surface area contributed by atoms with Crippen LogP contribution < -0.4 is 14.9 Å². The first-order valence-corrected chi connectivity index (χ1v) is 14.8. The van der Waals surface area contributed by atoms with Crippen molar-refractivity contribution in [3.63, 3.8) is 0 Å². The van der Waals surface area contributed by atoms with Crippen LogP contribution in [0, 0.1) is 5.92 Å². The summed E-state index contributed by atoms with van der Waals surface area (Å²) in [6.45, 7) is 7.70. The van der Waals surface area contributed by atoms with Gasteiger partial charge in [-0.2, -0.15) is 0 Å². The van der Waals surface area contributed by atoms with Crippen LogP contribution in [0.5, 0.6) is 0 Å². The number of nitrogens with one attached hydrogen (secondary N) is 2. The molecule has 2 aliphatic heterocycles. The smallest absolute Gasteiger partial charge is 0.321 e.